The zero-order chi connectivity index (χ0) is 12.6. The van der Waals surface area contributed by atoms with Crippen LogP contribution in [0.5, 0.6) is 0 Å². The third-order valence-electron chi connectivity index (χ3n) is 3.64. The van der Waals surface area contributed by atoms with E-state index >= 15 is 0 Å². The number of imide groups is 1. The Bertz CT molecular complexity index is 363. The van der Waals surface area contributed by atoms with Gasteiger partial charge in [0.25, 0.3) is 11.8 Å². The third kappa shape index (κ3) is 2.18. The molecule has 5 heteroatoms. The van der Waals surface area contributed by atoms with Gasteiger partial charge in [0, 0.05) is 12.8 Å². The lowest BCUT2D eigenvalue weighted by Crippen LogP contribution is -2.33. The molecule has 0 aromatic carbocycles. The molecule has 1 saturated carbocycles. The van der Waals surface area contributed by atoms with E-state index in [1.165, 1.54) is 0 Å². The zero-order valence-electron chi connectivity index (χ0n) is 10.2. The molecule has 0 aromatic heterocycles. The number of rotatable bonds is 4. The Morgan fingerprint density at radius 3 is 2.53 bits per heavy atom. The van der Waals surface area contributed by atoms with Gasteiger partial charge < -0.3 is 4.84 Å². The topological polar surface area (TPSA) is 63.7 Å². The van der Waals surface area contributed by atoms with Crippen LogP contribution in [0.25, 0.3) is 0 Å². The van der Waals surface area contributed by atoms with Crippen LogP contribution < -0.4 is 0 Å². The van der Waals surface area contributed by atoms with E-state index in [0.717, 1.165) is 19.3 Å². The van der Waals surface area contributed by atoms with Crippen LogP contribution in [0.15, 0.2) is 0 Å². The molecule has 1 heterocycles. The molecule has 17 heavy (non-hydrogen) atoms. The van der Waals surface area contributed by atoms with Crippen LogP contribution in [-0.4, -0.2) is 22.8 Å². The third-order valence-corrected chi connectivity index (χ3v) is 3.64. The van der Waals surface area contributed by atoms with E-state index in [1.807, 2.05) is 6.92 Å². The summed E-state index contributed by atoms with van der Waals surface area (Å²) in [6, 6.07) is 0. The lowest BCUT2D eigenvalue weighted by molar-refractivity contribution is -0.199. The van der Waals surface area contributed by atoms with Crippen LogP contribution >= 0.6 is 0 Å². The predicted molar refractivity (Wildman–Crippen MR) is 58.3 cm³/mol. The van der Waals surface area contributed by atoms with E-state index in [1.54, 1.807) is 0 Å². The molecule has 2 atom stereocenters. The van der Waals surface area contributed by atoms with E-state index in [0.29, 0.717) is 5.06 Å². The molecule has 2 fully saturated rings. The average Bonchev–Trinajstić information content (AvgIpc) is 2.85. The second kappa shape index (κ2) is 4.13. The first-order valence-corrected chi connectivity index (χ1v) is 6.05. The van der Waals surface area contributed by atoms with Gasteiger partial charge in [0.05, 0.1) is 5.92 Å². The maximum Gasteiger partial charge on any atom is 0.336 e. The van der Waals surface area contributed by atoms with Crippen molar-refractivity contribution in [1.29, 1.82) is 0 Å². The smallest absolute Gasteiger partial charge is 0.330 e. The summed E-state index contributed by atoms with van der Waals surface area (Å²) in [5, 5.41) is 0.632. The molecule has 0 radical (unpaired) electrons. The van der Waals surface area contributed by atoms with Crippen LogP contribution in [-0.2, 0) is 19.2 Å². The summed E-state index contributed by atoms with van der Waals surface area (Å²) in [5.41, 5.74) is -0.00233. The molecule has 5 nitrogen and oxygen atoms in total. The van der Waals surface area contributed by atoms with Gasteiger partial charge in [0.1, 0.15) is 0 Å². The van der Waals surface area contributed by atoms with E-state index < -0.39 is 17.8 Å². The Kier molecular flexibility index (Phi) is 2.93. The van der Waals surface area contributed by atoms with E-state index in [2.05, 4.69) is 6.92 Å². The van der Waals surface area contributed by atoms with E-state index in [4.69, 9.17) is 4.84 Å². The van der Waals surface area contributed by atoms with Crippen LogP contribution in [0, 0.1) is 11.3 Å². The van der Waals surface area contributed by atoms with Crippen LogP contribution in [0.4, 0.5) is 0 Å². The minimum Gasteiger partial charge on any atom is -0.330 e. The number of carbonyl (C=O) groups excluding carboxylic acids is 3. The van der Waals surface area contributed by atoms with Crippen molar-refractivity contribution in [2.45, 2.75) is 46.0 Å². The maximum atomic E-state index is 11.8. The highest BCUT2D eigenvalue weighted by Gasteiger charge is 2.55. The highest BCUT2D eigenvalue weighted by molar-refractivity contribution is 6.01. The van der Waals surface area contributed by atoms with Gasteiger partial charge in [-0.25, -0.2) is 4.79 Å². The largest absolute Gasteiger partial charge is 0.336 e. The molecule has 1 saturated heterocycles. The average molecular weight is 239 g/mol. The van der Waals surface area contributed by atoms with Gasteiger partial charge in [0.15, 0.2) is 0 Å². The normalized spacial score (nSPS) is 31.9. The molecular weight excluding hydrogens is 222 g/mol. The second-order valence-electron chi connectivity index (χ2n) is 5.15. The first-order chi connectivity index (χ1) is 7.98. The summed E-state index contributed by atoms with van der Waals surface area (Å²) >= 11 is 0. The SMILES string of the molecule is CCC[C@]1(C)C[C@H]1C(=O)ON1C(=O)CCC1=O. The molecule has 1 aliphatic heterocycles. The second-order valence-corrected chi connectivity index (χ2v) is 5.15. The Morgan fingerprint density at radius 1 is 1.41 bits per heavy atom. The summed E-state index contributed by atoms with van der Waals surface area (Å²) in [7, 11) is 0. The fourth-order valence-corrected chi connectivity index (χ4v) is 2.43. The lowest BCUT2D eigenvalue weighted by Gasteiger charge is -2.14. The molecule has 0 unspecified atom stereocenters. The van der Waals surface area contributed by atoms with Crippen LogP contribution in [0.2, 0.25) is 0 Å². The van der Waals surface area contributed by atoms with Crippen LogP contribution in [0.3, 0.4) is 0 Å². The molecule has 1 aliphatic carbocycles. The standard InChI is InChI=1S/C12H17NO4/c1-3-6-12(2)7-8(12)11(16)17-13-9(14)4-5-10(13)15/h8H,3-7H2,1-2H3/t8-,12+/m0/s1. The number of carbonyl (C=O) groups is 3. The summed E-state index contributed by atoms with van der Waals surface area (Å²) in [4.78, 5) is 39.2. The molecule has 2 aliphatic rings. The number of hydroxylamine groups is 2. The molecule has 0 bridgehead atoms. The van der Waals surface area contributed by atoms with Crippen molar-refractivity contribution >= 4 is 17.8 Å². The van der Waals surface area contributed by atoms with Crippen molar-refractivity contribution in [3.05, 3.63) is 0 Å². The molecule has 0 aromatic rings. The molecule has 94 valence electrons. The van der Waals surface area contributed by atoms with Gasteiger partial charge in [-0.05, 0) is 18.3 Å². The highest BCUT2D eigenvalue weighted by Crippen LogP contribution is 2.56. The van der Waals surface area contributed by atoms with E-state index in [-0.39, 0.29) is 24.2 Å². The molecule has 2 amide bonds. The highest BCUT2D eigenvalue weighted by atomic mass is 16.7. The van der Waals surface area contributed by atoms with E-state index in [9.17, 15) is 14.4 Å². The Morgan fingerprint density at radius 2 is 2.00 bits per heavy atom. The fourth-order valence-electron chi connectivity index (χ4n) is 2.43. The molecule has 0 N–H and O–H groups in total. The molecule has 2 rings (SSSR count). The van der Waals surface area contributed by atoms with Gasteiger partial charge in [-0.1, -0.05) is 20.3 Å². The number of nitrogens with zero attached hydrogens (tertiary/aromatic N) is 1. The first-order valence-electron chi connectivity index (χ1n) is 6.05. The van der Waals surface area contributed by atoms with Crippen molar-refractivity contribution in [2.75, 3.05) is 0 Å². The van der Waals surface area contributed by atoms with Gasteiger partial charge in [-0.3, -0.25) is 9.59 Å². The van der Waals surface area contributed by atoms with Crippen molar-refractivity contribution in [1.82, 2.24) is 5.06 Å². The fraction of sp³-hybridized carbons (Fsp3) is 0.750. The minimum absolute atomic E-state index is 0.00233. The Hall–Kier alpha value is -1.39. The summed E-state index contributed by atoms with van der Waals surface area (Å²) in [6.07, 6.45) is 3.05. The summed E-state index contributed by atoms with van der Waals surface area (Å²) in [5.74, 6) is -1.43. The number of amides is 2. The zero-order valence-corrected chi connectivity index (χ0v) is 10.2. The monoisotopic (exact) mass is 239 g/mol. The summed E-state index contributed by atoms with van der Waals surface area (Å²) < 4.78 is 0. The Balaban J connectivity index is 1.91. The molecular formula is C12H17NO4. The minimum atomic E-state index is -0.440. The first kappa shape index (κ1) is 12.1. The van der Waals surface area contributed by atoms with Gasteiger partial charge in [-0.2, -0.15) is 0 Å². The van der Waals surface area contributed by atoms with Crippen molar-refractivity contribution in [3.8, 4) is 0 Å². The quantitative estimate of drug-likeness (QED) is 0.696. The van der Waals surface area contributed by atoms with Crippen molar-refractivity contribution in [3.63, 3.8) is 0 Å². The van der Waals surface area contributed by atoms with Gasteiger partial charge in [0.2, 0.25) is 0 Å². The lowest BCUT2D eigenvalue weighted by atomic mass is 10.0. The number of hydrogen-bond donors (Lipinski definition) is 0. The van der Waals surface area contributed by atoms with Gasteiger partial charge in [-0.15, -0.1) is 5.06 Å². The Labute approximate surface area is 100 Å². The van der Waals surface area contributed by atoms with Crippen LogP contribution in [0.1, 0.15) is 46.0 Å². The van der Waals surface area contributed by atoms with Crippen molar-refractivity contribution < 1.29 is 19.2 Å². The summed E-state index contributed by atoms with van der Waals surface area (Å²) in [6.45, 7) is 4.11. The molecule has 0 spiro atoms. The van der Waals surface area contributed by atoms with Gasteiger partial charge >= 0.3 is 5.97 Å². The predicted octanol–water partition coefficient (Wildman–Crippen LogP) is 1.42. The number of hydrogen-bond acceptors (Lipinski definition) is 4. The maximum absolute atomic E-state index is 11.8. The van der Waals surface area contributed by atoms with Crippen molar-refractivity contribution in [2.24, 2.45) is 11.3 Å².